The van der Waals surface area contributed by atoms with E-state index < -0.39 is 0 Å². The number of hydrogen-bond donors (Lipinski definition) is 2. The number of aryl methyl sites for hydroxylation is 4. The molecule has 4 aromatic rings. The molecule has 0 radical (unpaired) electrons. The molecule has 1 saturated heterocycles. The van der Waals surface area contributed by atoms with E-state index in [1.807, 2.05) is 32.0 Å². The van der Waals surface area contributed by atoms with Crippen LogP contribution in [0.25, 0.3) is 22.5 Å². The standard InChI is InChI=1S/C34H41N5O/c1-5-26-10-14-28(15-11-26)33-34(29-16-12-27(6-2)13-17-29)36-30(35-33)22-38-18-20-39(21-19-38)23-31(40)37-32-24(3)8-7-9-25(32)4/h7-17H,5-6,18-23H2,1-4H3,(H,35,36)(H,37,40). The van der Waals surface area contributed by atoms with Gasteiger partial charge in [-0.05, 0) is 48.9 Å². The SMILES string of the molecule is CCc1ccc(-c2nc(CN3CCN(CC(=O)Nc4c(C)cccc4C)CC3)[nH]c2-c2ccc(CC)cc2)cc1. The molecule has 40 heavy (non-hydrogen) atoms. The highest BCUT2D eigenvalue weighted by atomic mass is 16.2. The molecule has 208 valence electrons. The molecule has 3 aromatic carbocycles. The van der Waals surface area contributed by atoms with Crippen molar-refractivity contribution in [1.29, 1.82) is 0 Å². The Bertz CT molecular complexity index is 1350. The summed E-state index contributed by atoms with van der Waals surface area (Å²) in [7, 11) is 0. The molecule has 0 saturated carbocycles. The molecule has 5 rings (SSSR count). The molecule has 6 nitrogen and oxygen atoms in total. The summed E-state index contributed by atoms with van der Waals surface area (Å²) in [6.45, 7) is 13.1. The number of aromatic nitrogens is 2. The van der Waals surface area contributed by atoms with Gasteiger partial charge in [-0.2, -0.15) is 0 Å². The Balaban J connectivity index is 1.25. The van der Waals surface area contributed by atoms with Gasteiger partial charge in [0.05, 0.1) is 24.5 Å². The lowest BCUT2D eigenvalue weighted by Gasteiger charge is -2.33. The first-order chi connectivity index (χ1) is 19.4. The number of benzene rings is 3. The number of aromatic amines is 1. The molecular formula is C34H41N5O. The summed E-state index contributed by atoms with van der Waals surface area (Å²) in [5, 5.41) is 3.12. The topological polar surface area (TPSA) is 64.3 Å². The van der Waals surface area contributed by atoms with Crippen molar-refractivity contribution >= 4 is 11.6 Å². The number of hydrogen-bond acceptors (Lipinski definition) is 4. The molecule has 2 heterocycles. The Labute approximate surface area is 238 Å². The highest BCUT2D eigenvalue weighted by molar-refractivity contribution is 5.93. The highest BCUT2D eigenvalue weighted by Crippen LogP contribution is 2.31. The number of nitrogens with one attached hydrogen (secondary N) is 2. The summed E-state index contributed by atoms with van der Waals surface area (Å²) in [6, 6.07) is 23.7. The molecule has 0 atom stereocenters. The van der Waals surface area contributed by atoms with E-state index in [-0.39, 0.29) is 5.91 Å². The normalized spacial score (nSPS) is 14.4. The number of H-pyrrole nitrogens is 1. The largest absolute Gasteiger partial charge is 0.340 e. The van der Waals surface area contributed by atoms with Crippen LogP contribution in [0.15, 0.2) is 66.7 Å². The number of nitrogens with zero attached hydrogens (tertiary/aromatic N) is 3. The second kappa shape index (κ2) is 12.6. The van der Waals surface area contributed by atoms with E-state index in [0.717, 1.165) is 90.7 Å². The molecule has 1 fully saturated rings. The molecule has 1 aliphatic heterocycles. The number of anilines is 1. The maximum Gasteiger partial charge on any atom is 0.238 e. The van der Waals surface area contributed by atoms with E-state index >= 15 is 0 Å². The number of carbonyl (C=O) groups excluding carboxylic acids is 1. The van der Waals surface area contributed by atoms with E-state index in [9.17, 15) is 4.79 Å². The number of amides is 1. The van der Waals surface area contributed by atoms with Gasteiger partial charge in [0.25, 0.3) is 0 Å². The molecule has 0 unspecified atom stereocenters. The summed E-state index contributed by atoms with van der Waals surface area (Å²) < 4.78 is 0. The fourth-order valence-corrected chi connectivity index (χ4v) is 5.43. The van der Waals surface area contributed by atoms with Crippen LogP contribution in [0, 0.1) is 13.8 Å². The summed E-state index contributed by atoms with van der Waals surface area (Å²) in [4.78, 5) is 26.2. The first-order valence-electron chi connectivity index (χ1n) is 14.5. The van der Waals surface area contributed by atoms with Gasteiger partial charge in [-0.1, -0.05) is 80.6 Å². The van der Waals surface area contributed by atoms with Crippen LogP contribution in [0.5, 0.6) is 0 Å². The molecule has 6 heteroatoms. The molecular weight excluding hydrogens is 494 g/mol. The van der Waals surface area contributed by atoms with Crippen LogP contribution < -0.4 is 5.32 Å². The lowest BCUT2D eigenvalue weighted by Crippen LogP contribution is -2.48. The first-order valence-corrected chi connectivity index (χ1v) is 14.5. The Morgan fingerprint density at radius 2 is 1.35 bits per heavy atom. The molecule has 0 aliphatic carbocycles. The average molecular weight is 536 g/mol. The van der Waals surface area contributed by atoms with Crippen molar-refractivity contribution in [2.45, 2.75) is 47.1 Å². The maximum atomic E-state index is 12.8. The van der Waals surface area contributed by atoms with Gasteiger partial charge in [0.15, 0.2) is 0 Å². The molecule has 1 aromatic heterocycles. The maximum absolute atomic E-state index is 12.8. The zero-order chi connectivity index (χ0) is 28.1. The zero-order valence-corrected chi connectivity index (χ0v) is 24.3. The smallest absolute Gasteiger partial charge is 0.238 e. The quantitative estimate of drug-likeness (QED) is 0.266. The Morgan fingerprint density at radius 3 is 1.93 bits per heavy atom. The van der Waals surface area contributed by atoms with Crippen LogP contribution >= 0.6 is 0 Å². The van der Waals surface area contributed by atoms with Gasteiger partial charge in [0.2, 0.25) is 5.91 Å². The average Bonchev–Trinajstić information content (AvgIpc) is 3.40. The van der Waals surface area contributed by atoms with Gasteiger partial charge in [0.1, 0.15) is 5.82 Å². The van der Waals surface area contributed by atoms with Gasteiger partial charge >= 0.3 is 0 Å². The van der Waals surface area contributed by atoms with Crippen LogP contribution in [-0.4, -0.2) is 58.4 Å². The van der Waals surface area contributed by atoms with Gasteiger partial charge < -0.3 is 10.3 Å². The van der Waals surface area contributed by atoms with Gasteiger partial charge in [-0.25, -0.2) is 4.98 Å². The Morgan fingerprint density at radius 1 is 0.800 bits per heavy atom. The van der Waals surface area contributed by atoms with E-state index in [1.165, 1.54) is 11.1 Å². The summed E-state index contributed by atoms with van der Waals surface area (Å²) in [5.74, 6) is 1.03. The lowest BCUT2D eigenvalue weighted by atomic mass is 10.0. The van der Waals surface area contributed by atoms with Crippen LogP contribution in [-0.2, 0) is 24.2 Å². The van der Waals surface area contributed by atoms with Crippen LogP contribution in [0.4, 0.5) is 5.69 Å². The lowest BCUT2D eigenvalue weighted by molar-refractivity contribution is -0.117. The molecule has 0 spiro atoms. The van der Waals surface area contributed by atoms with Crippen molar-refractivity contribution in [1.82, 2.24) is 19.8 Å². The number of carbonyl (C=O) groups is 1. The molecule has 0 bridgehead atoms. The zero-order valence-electron chi connectivity index (χ0n) is 24.3. The van der Waals surface area contributed by atoms with E-state index in [1.54, 1.807) is 0 Å². The van der Waals surface area contributed by atoms with Crippen molar-refractivity contribution < 1.29 is 4.79 Å². The van der Waals surface area contributed by atoms with Crippen LogP contribution in [0.1, 0.15) is 41.9 Å². The fraction of sp³-hybridized carbons (Fsp3) is 0.353. The molecule has 2 N–H and O–H groups in total. The minimum atomic E-state index is 0.0503. The summed E-state index contributed by atoms with van der Waals surface area (Å²) in [6.07, 6.45) is 2.05. The van der Waals surface area contributed by atoms with Crippen molar-refractivity contribution in [3.8, 4) is 22.5 Å². The highest BCUT2D eigenvalue weighted by Gasteiger charge is 2.22. The van der Waals surface area contributed by atoms with E-state index in [2.05, 4.69) is 82.5 Å². The van der Waals surface area contributed by atoms with E-state index in [0.29, 0.717) is 6.54 Å². The number of para-hydroxylation sites is 1. The van der Waals surface area contributed by atoms with Crippen molar-refractivity contribution in [3.05, 3.63) is 94.8 Å². The summed E-state index contributed by atoms with van der Waals surface area (Å²) in [5.41, 5.74) is 10.2. The van der Waals surface area contributed by atoms with Gasteiger partial charge in [-0.15, -0.1) is 0 Å². The predicted molar refractivity (Wildman–Crippen MR) is 164 cm³/mol. The van der Waals surface area contributed by atoms with Crippen molar-refractivity contribution in [2.75, 3.05) is 38.0 Å². The third-order valence-corrected chi connectivity index (χ3v) is 7.99. The number of rotatable bonds is 9. The fourth-order valence-electron chi connectivity index (χ4n) is 5.43. The summed E-state index contributed by atoms with van der Waals surface area (Å²) >= 11 is 0. The Hall–Kier alpha value is -3.74. The van der Waals surface area contributed by atoms with Crippen LogP contribution in [0.3, 0.4) is 0 Å². The van der Waals surface area contributed by atoms with E-state index in [4.69, 9.17) is 4.98 Å². The Kier molecular flexibility index (Phi) is 8.78. The predicted octanol–water partition coefficient (Wildman–Crippen LogP) is 6.24. The third kappa shape index (κ3) is 6.52. The number of imidazole rings is 1. The van der Waals surface area contributed by atoms with Crippen molar-refractivity contribution in [2.24, 2.45) is 0 Å². The van der Waals surface area contributed by atoms with Gasteiger partial charge in [0, 0.05) is 43.0 Å². The monoisotopic (exact) mass is 535 g/mol. The van der Waals surface area contributed by atoms with Crippen LogP contribution in [0.2, 0.25) is 0 Å². The minimum absolute atomic E-state index is 0.0503. The van der Waals surface area contributed by atoms with Crippen molar-refractivity contribution in [3.63, 3.8) is 0 Å². The minimum Gasteiger partial charge on any atom is -0.340 e. The second-order valence-corrected chi connectivity index (χ2v) is 10.9. The first kappa shape index (κ1) is 27.8. The van der Waals surface area contributed by atoms with Gasteiger partial charge in [-0.3, -0.25) is 14.6 Å². The molecule has 1 aliphatic rings. The molecule has 1 amide bonds. The third-order valence-electron chi connectivity index (χ3n) is 7.99. The number of piperazine rings is 1. The second-order valence-electron chi connectivity index (χ2n) is 10.9.